The molecule has 0 aliphatic heterocycles. The monoisotopic (exact) mass is 161 g/mol. The first-order valence-electron chi connectivity index (χ1n) is 3.21. The lowest BCUT2D eigenvalue weighted by Gasteiger charge is -1.90. The second kappa shape index (κ2) is 2.80. The quantitative estimate of drug-likeness (QED) is 0.639. The number of aromatic nitrogens is 2. The molecule has 2 nitrogen and oxygen atoms in total. The van der Waals surface area contributed by atoms with Crippen LogP contribution in [0.5, 0.6) is 0 Å². The lowest BCUT2D eigenvalue weighted by atomic mass is 10.2. The van der Waals surface area contributed by atoms with Gasteiger partial charge in [-0.25, -0.2) is 0 Å². The van der Waals surface area contributed by atoms with E-state index in [9.17, 15) is 0 Å². The summed E-state index contributed by atoms with van der Waals surface area (Å²) in [7, 11) is 0. The summed E-state index contributed by atoms with van der Waals surface area (Å²) in [6.07, 6.45) is 1.75. The van der Waals surface area contributed by atoms with Crippen LogP contribution in [-0.4, -0.2) is 9.59 Å². The molecule has 0 aliphatic rings. The molecule has 0 fully saturated rings. The molecule has 1 aromatic heterocycles. The van der Waals surface area contributed by atoms with Gasteiger partial charge in [0.15, 0.2) is 0 Å². The summed E-state index contributed by atoms with van der Waals surface area (Å²) >= 11 is 1.38. The summed E-state index contributed by atoms with van der Waals surface area (Å²) in [6, 6.07) is 10.9. The molecule has 0 amide bonds. The van der Waals surface area contributed by atoms with E-state index >= 15 is 0 Å². The first-order valence-corrected chi connectivity index (χ1v) is 3.98. The molecule has 3 heteroatoms. The number of benzene rings is 1. The molecule has 0 unspecified atom stereocenters. The Morgan fingerprint density at radius 3 is 3.00 bits per heavy atom. The van der Waals surface area contributed by atoms with E-state index in [-0.39, 0.29) is 0 Å². The summed E-state index contributed by atoms with van der Waals surface area (Å²) in [4.78, 5) is 1.06. The molecular weight excluding hydrogens is 156 g/mol. The highest BCUT2D eigenvalue weighted by Gasteiger charge is 1.97. The standard InChI is InChI=1S/C8H5N2S/c1-2-4-7(5-3-1)8-6-9-10-11-8/h1-4,6H. The van der Waals surface area contributed by atoms with Crippen LogP contribution in [0.2, 0.25) is 0 Å². The Bertz CT molecular complexity index is 315. The van der Waals surface area contributed by atoms with E-state index in [0.29, 0.717) is 0 Å². The zero-order valence-electron chi connectivity index (χ0n) is 5.69. The molecule has 0 N–H and O–H groups in total. The average Bonchev–Trinajstić information content (AvgIpc) is 2.58. The van der Waals surface area contributed by atoms with Gasteiger partial charge in [0.1, 0.15) is 0 Å². The highest BCUT2D eigenvalue weighted by Crippen LogP contribution is 2.19. The van der Waals surface area contributed by atoms with Gasteiger partial charge in [-0.3, -0.25) is 0 Å². The van der Waals surface area contributed by atoms with Gasteiger partial charge in [0.2, 0.25) is 0 Å². The van der Waals surface area contributed by atoms with E-state index in [2.05, 4.69) is 15.7 Å². The topological polar surface area (TPSA) is 25.8 Å². The third-order valence-electron chi connectivity index (χ3n) is 1.34. The number of nitrogens with zero attached hydrogens (tertiary/aromatic N) is 2. The number of hydrogen-bond acceptors (Lipinski definition) is 3. The van der Waals surface area contributed by atoms with Gasteiger partial charge in [-0.15, -0.1) is 5.10 Å². The van der Waals surface area contributed by atoms with E-state index in [1.165, 1.54) is 11.5 Å². The molecule has 0 saturated heterocycles. The molecule has 2 aromatic rings. The Morgan fingerprint density at radius 2 is 2.36 bits per heavy atom. The average molecular weight is 161 g/mol. The normalized spacial score (nSPS) is 9.82. The maximum absolute atomic E-state index is 3.77. The minimum atomic E-state index is 1.06. The van der Waals surface area contributed by atoms with Crippen LogP contribution in [0.3, 0.4) is 0 Å². The molecule has 2 rings (SSSR count). The fourth-order valence-corrected chi connectivity index (χ4v) is 1.33. The first-order chi connectivity index (χ1) is 5.47. The Hall–Kier alpha value is -1.22. The zero-order valence-corrected chi connectivity index (χ0v) is 6.51. The van der Waals surface area contributed by atoms with Gasteiger partial charge in [-0.2, -0.15) is 0 Å². The van der Waals surface area contributed by atoms with Gasteiger partial charge in [0.05, 0.1) is 11.1 Å². The molecule has 0 bridgehead atoms. The maximum atomic E-state index is 3.77. The van der Waals surface area contributed by atoms with Crippen LogP contribution in [0.15, 0.2) is 30.5 Å². The van der Waals surface area contributed by atoms with Crippen molar-refractivity contribution in [3.63, 3.8) is 0 Å². The van der Waals surface area contributed by atoms with Crippen molar-refractivity contribution in [2.75, 3.05) is 0 Å². The third-order valence-corrected chi connectivity index (χ3v) is 2.03. The lowest BCUT2D eigenvalue weighted by molar-refractivity contribution is 1.16. The minimum absolute atomic E-state index is 1.06. The minimum Gasteiger partial charge on any atom is -0.146 e. The summed E-state index contributed by atoms with van der Waals surface area (Å²) in [5, 5.41) is 3.75. The fourth-order valence-electron chi connectivity index (χ4n) is 0.832. The van der Waals surface area contributed by atoms with Crippen LogP contribution < -0.4 is 0 Å². The van der Waals surface area contributed by atoms with Crippen molar-refractivity contribution in [2.45, 2.75) is 0 Å². The largest absolute Gasteiger partial charge is 0.146 e. The molecule has 0 saturated carbocycles. The number of rotatable bonds is 1. The van der Waals surface area contributed by atoms with Crippen LogP contribution >= 0.6 is 11.5 Å². The van der Waals surface area contributed by atoms with Gasteiger partial charge >= 0.3 is 0 Å². The van der Waals surface area contributed by atoms with Crippen molar-refractivity contribution >= 4 is 11.5 Å². The Balaban J connectivity index is 2.46. The third kappa shape index (κ3) is 1.28. The van der Waals surface area contributed by atoms with Gasteiger partial charge in [-0.05, 0) is 17.6 Å². The van der Waals surface area contributed by atoms with Crippen LogP contribution in [-0.2, 0) is 0 Å². The van der Waals surface area contributed by atoms with Crippen molar-refractivity contribution < 1.29 is 0 Å². The lowest BCUT2D eigenvalue weighted by Crippen LogP contribution is -1.68. The van der Waals surface area contributed by atoms with Crippen molar-refractivity contribution in [1.82, 2.24) is 9.59 Å². The van der Waals surface area contributed by atoms with Crippen LogP contribution in [0, 0.1) is 6.07 Å². The van der Waals surface area contributed by atoms with Gasteiger partial charge < -0.3 is 0 Å². The molecule has 11 heavy (non-hydrogen) atoms. The van der Waals surface area contributed by atoms with Crippen LogP contribution in [0.25, 0.3) is 10.4 Å². The molecule has 0 spiro atoms. The predicted molar refractivity (Wildman–Crippen MR) is 44.2 cm³/mol. The smallest absolute Gasteiger partial charge is 0.0760 e. The molecule has 53 valence electrons. The van der Waals surface area contributed by atoms with Crippen molar-refractivity contribution in [1.29, 1.82) is 0 Å². The SMILES string of the molecule is [c]1ccccc1-c1cnns1. The van der Waals surface area contributed by atoms with Gasteiger partial charge in [0, 0.05) is 5.56 Å². The Morgan fingerprint density at radius 1 is 1.36 bits per heavy atom. The van der Waals surface area contributed by atoms with E-state index < -0.39 is 0 Å². The second-order valence-electron chi connectivity index (χ2n) is 2.06. The van der Waals surface area contributed by atoms with E-state index in [4.69, 9.17) is 0 Å². The van der Waals surface area contributed by atoms with E-state index in [1.54, 1.807) is 6.20 Å². The Kier molecular flexibility index (Phi) is 1.65. The summed E-state index contributed by atoms with van der Waals surface area (Å²) in [5.74, 6) is 0. The Labute approximate surface area is 68.7 Å². The van der Waals surface area contributed by atoms with E-state index in [0.717, 1.165) is 10.4 Å². The predicted octanol–water partition coefficient (Wildman–Crippen LogP) is 2.01. The van der Waals surface area contributed by atoms with Crippen molar-refractivity contribution in [3.8, 4) is 10.4 Å². The molecule has 1 aromatic carbocycles. The van der Waals surface area contributed by atoms with E-state index in [1.807, 2.05) is 24.3 Å². The van der Waals surface area contributed by atoms with Crippen LogP contribution in [0.4, 0.5) is 0 Å². The van der Waals surface area contributed by atoms with Crippen molar-refractivity contribution in [3.05, 3.63) is 36.5 Å². The summed E-state index contributed by atoms with van der Waals surface area (Å²) < 4.78 is 3.77. The summed E-state index contributed by atoms with van der Waals surface area (Å²) in [5.41, 5.74) is 1.06. The zero-order chi connectivity index (χ0) is 7.52. The fraction of sp³-hybridized carbons (Fsp3) is 0. The molecule has 1 heterocycles. The highest BCUT2D eigenvalue weighted by atomic mass is 32.1. The molecule has 1 radical (unpaired) electrons. The van der Waals surface area contributed by atoms with Crippen molar-refractivity contribution in [2.24, 2.45) is 0 Å². The first kappa shape index (κ1) is 6.49. The van der Waals surface area contributed by atoms with Crippen LogP contribution in [0.1, 0.15) is 0 Å². The van der Waals surface area contributed by atoms with Gasteiger partial charge in [-0.1, -0.05) is 28.8 Å². The highest BCUT2D eigenvalue weighted by molar-refractivity contribution is 7.09. The molecule has 0 atom stereocenters. The maximum Gasteiger partial charge on any atom is 0.0760 e. The summed E-state index contributed by atoms with van der Waals surface area (Å²) in [6.45, 7) is 0. The van der Waals surface area contributed by atoms with Gasteiger partial charge in [0.25, 0.3) is 0 Å². The second-order valence-corrected chi connectivity index (χ2v) is 2.84. The molecule has 0 aliphatic carbocycles. The number of hydrogen-bond donors (Lipinski definition) is 0. The molecular formula is C8H5N2S.